The van der Waals surface area contributed by atoms with E-state index in [0.29, 0.717) is 10.7 Å². The third-order valence-corrected chi connectivity index (χ3v) is 2.99. The lowest BCUT2D eigenvalue weighted by Gasteiger charge is -1.93. The molecule has 0 aliphatic heterocycles. The van der Waals surface area contributed by atoms with Crippen molar-refractivity contribution in [1.29, 1.82) is 0 Å². The summed E-state index contributed by atoms with van der Waals surface area (Å²) in [6.07, 6.45) is 0.763. The number of rotatable bonds is 3. The monoisotopic (exact) mass is 236 g/mol. The van der Waals surface area contributed by atoms with Gasteiger partial charge in [-0.15, -0.1) is 0 Å². The van der Waals surface area contributed by atoms with Gasteiger partial charge in [0.25, 0.3) is 5.56 Å². The van der Waals surface area contributed by atoms with Crippen molar-refractivity contribution in [2.75, 3.05) is 0 Å². The summed E-state index contributed by atoms with van der Waals surface area (Å²) in [6, 6.07) is 1.33. The van der Waals surface area contributed by atoms with Gasteiger partial charge in [0, 0.05) is 11.0 Å². The highest BCUT2D eigenvalue weighted by Crippen LogP contribution is 2.11. The van der Waals surface area contributed by atoms with Gasteiger partial charge in [0.1, 0.15) is 5.01 Å². The largest absolute Gasteiger partial charge is 0.275 e. The van der Waals surface area contributed by atoms with Crippen LogP contribution in [0.15, 0.2) is 16.0 Å². The molecule has 2 aromatic heterocycles. The van der Waals surface area contributed by atoms with Crippen LogP contribution < -0.4 is 5.56 Å². The predicted octanol–water partition coefficient (Wildman–Crippen LogP) is 1.52. The summed E-state index contributed by atoms with van der Waals surface area (Å²) in [5.74, 6) is 0. The van der Waals surface area contributed by atoms with Crippen molar-refractivity contribution in [3.05, 3.63) is 37.6 Å². The van der Waals surface area contributed by atoms with Crippen molar-refractivity contribution < 1.29 is 0 Å². The summed E-state index contributed by atoms with van der Waals surface area (Å²) in [5.41, 5.74) is 8.41. The molecule has 0 amide bonds. The van der Waals surface area contributed by atoms with E-state index in [-0.39, 0.29) is 12.1 Å². The SMILES string of the molecule is CCc1nn2c(=O)cc(CN=[N+]=[N-])nc2s1. The predicted molar refractivity (Wildman–Crippen MR) is 59.4 cm³/mol. The molecule has 0 aromatic carbocycles. The highest BCUT2D eigenvalue weighted by molar-refractivity contribution is 7.16. The molecule has 0 saturated carbocycles. The van der Waals surface area contributed by atoms with Crippen LogP contribution in [0.1, 0.15) is 17.6 Å². The lowest BCUT2D eigenvalue weighted by molar-refractivity contribution is 0.840. The molecule has 2 heterocycles. The summed E-state index contributed by atoms with van der Waals surface area (Å²) >= 11 is 1.37. The van der Waals surface area contributed by atoms with Crippen molar-refractivity contribution in [1.82, 2.24) is 14.6 Å². The lowest BCUT2D eigenvalue weighted by atomic mass is 10.4. The molecule has 82 valence electrons. The second kappa shape index (κ2) is 4.30. The van der Waals surface area contributed by atoms with Crippen LogP contribution in [0.5, 0.6) is 0 Å². The average molecular weight is 236 g/mol. The van der Waals surface area contributed by atoms with Gasteiger partial charge >= 0.3 is 0 Å². The molecule has 2 rings (SSSR count). The summed E-state index contributed by atoms with van der Waals surface area (Å²) in [6.45, 7) is 2.05. The number of aryl methyl sites for hydroxylation is 1. The maximum absolute atomic E-state index is 11.6. The third-order valence-electron chi connectivity index (χ3n) is 1.94. The molecule has 2 aromatic rings. The van der Waals surface area contributed by atoms with Gasteiger partial charge in [-0.3, -0.25) is 4.79 Å². The molecule has 0 bridgehead atoms. The van der Waals surface area contributed by atoms with E-state index in [2.05, 4.69) is 20.1 Å². The molecule has 0 unspecified atom stereocenters. The number of fused-ring (bicyclic) bond motifs is 1. The van der Waals surface area contributed by atoms with E-state index in [9.17, 15) is 4.79 Å². The van der Waals surface area contributed by atoms with Gasteiger partial charge in [-0.05, 0) is 12.0 Å². The normalized spacial score (nSPS) is 10.3. The third kappa shape index (κ3) is 1.88. The van der Waals surface area contributed by atoms with E-state index in [4.69, 9.17) is 5.53 Å². The molecule has 0 aliphatic carbocycles. The highest BCUT2D eigenvalue weighted by Gasteiger charge is 2.06. The Hall–Kier alpha value is -1.92. The standard InChI is InChI=1S/C8H8N6OS/c1-2-6-12-14-7(15)3-5(4-10-13-9)11-8(14)16-6/h3H,2,4H2,1H3. The van der Waals surface area contributed by atoms with E-state index in [1.54, 1.807) is 0 Å². The van der Waals surface area contributed by atoms with E-state index >= 15 is 0 Å². The number of azide groups is 1. The van der Waals surface area contributed by atoms with Crippen LogP contribution in [0.4, 0.5) is 0 Å². The quantitative estimate of drug-likeness (QED) is 0.459. The van der Waals surface area contributed by atoms with Crippen LogP contribution in [0.25, 0.3) is 15.4 Å². The van der Waals surface area contributed by atoms with Gasteiger partial charge < -0.3 is 0 Å². The van der Waals surface area contributed by atoms with Crippen molar-refractivity contribution in [3.8, 4) is 0 Å². The molecule has 7 nitrogen and oxygen atoms in total. The summed E-state index contributed by atoms with van der Waals surface area (Å²) in [7, 11) is 0. The fourth-order valence-corrected chi connectivity index (χ4v) is 2.08. The van der Waals surface area contributed by atoms with Crippen LogP contribution in [-0.2, 0) is 13.0 Å². The van der Waals surface area contributed by atoms with Crippen LogP contribution in [0.3, 0.4) is 0 Å². The van der Waals surface area contributed by atoms with Gasteiger partial charge in [0.05, 0.1) is 12.2 Å². The number of hydrogen-bond donors (Lipinski definition) is 0. The van der Waals surface area contributed by atoms with E-state index in [0.717, 1.165) is 11.4 Å². The topological polar surface area (TPSA) is 96.0 Å². The Kier molecular flexibility index (Phi) is 2.84. The Morgan fingerprint density at radius 2 is 2.50 bits per heavy atom. The first-order valence-electron chi connectivity index (χ1n) is 4.64. The van der Waals surface area contributed by atoms with Gasteiger partial charge in [-0.2, -0.15) is 9.61 Å². The van der Waals surface area contributed by atoms with E-state index in [1.165, 1.54) is 21.9 Å². The van der Waals surface area contributed by atoms with Crippen LogP contribution in [-0.4, -0.2) is 14.6 Å². The Morgan fingerprint density at radius 3 is 3.19 bits per heavy atom. The lowest BCUT2D eigenvalue weighted by Crippen LogP contribution is -2.15. The number of hydrogen-bond acceptors (Lipinski definition) is 5. The Morgan fingerprint density at radius 1 is 1.69 bits per heavy atom. The van der Waals surface area contributed by atoms with Crippen LogP contribution in [0, 0.1) is 0 Å². The smallest absolute Gasteiger partial charge is 0.267 e. The second-order valence-corrected chi connectivity index (χ2v) is 4.06. The van der Waals surface area contributed by atoms with E-state index in [1.807, 2.05) is 6.92 Å². The molecule has 0 fully saturated rings. The van der Waals surface area contributed by atoms with Crippen molar-refractivity contribution in [3.63, 3.8) is 0 Å². The molecule has 0 aliphatic rings. The van der Waals surface area contributed by atoms with Crippen LogP contribution in [0.2, 0.25) is 0 Å². The Bertz CT molecular complexity index is 623. The minimum Gasteiger partial charge on any atom is -0.267 e. The number of aromatic nitrogens is 3. The molecule has 8 heteroatoms. The maximum Gasteiger partial charge on any atom is 0.275 e. The van der Waals surface area contributed by atoms with Gasteiger partial charge in [0.15, 0.2) is 0 Å². The Balaban J connectivity index is 2.57. The first-order valence-corrected chi connectivity index (χ1v) is 5.45. The van der Waals surface area contributed by atoms with Crippen LogP contribution >= 0.6 is 11.3 Å². The highest BCUT2D eigenvalue weighted by atomic mass is 32.1. The van der Waals surface area contributed by atoms with Gasteiger partial charge in [0.2, 0.25) is 4.96 Å². The molecular weight excluding hydrogens is 228 g/mol. The summed E-state index contributed by atoms with van der Waals surface area (Å²) < 4.78 is 1.27. The first-order chi connectivity index (χ1) is 7.74. The zero-order valence-corrected chi connectivity index (χ0v) is 9.31. The fraction of sp³-hybridized carbons (Fsp3) is 0.375. The first kappa shape index (κ1) is 10.6. The Labute approximate surface area is 94.0 Å². The minimum absolute atomic E-state index is 0.0849. The van der Waals surface area contributed by atoms with Crippen molar-refractivity contribution in [2.45, 2.75) is 19.9 Å². The van der Waals surface area contributed by atoms with Crippen molar-refractivity contribution >= 4 is 16.3 Å². The van der Waals surface area contributed by atoms with Gasteiger partial charge in [-0.25, -0.2) is 4.98 Å². The second-order valence-electron chi connectivity index (χ2n) is 3.02. The van der Waals surface area contributed by atoms with Gasteiger partial charge in [-0.1, -0.05) is 23.4 Å². The minimum atomic E-state index is -0.246. The number of nitrogens with zero attached hydrogens (tertiary/aromatic N) is 6. The molecule has 0 spiro atoms. The molecule has 0 saturated heterocycles. The molecule has 16 heavy (non-hydrogen) atoms. The van der Waals surface area contributed by atoms with E-state index < -0.39 is 0 Å². The molecule has 0 N–H and O–H groups in total. The zero-order chi connectivity index (χ0) is 11.5. The molecule has 0 radical (unpaired) electrons. The zero-order valence-electron chi connectivity index (χ0n) is 8.49. The average Bonchev–Trinajstić information content (AvgIpc) is 2.70. The fourth-order valence-electron chi connectivity index (χ4n) is 1.22. The summed E-state index contributed by atoms with van der Waals surface area (Å²) in [5, 5.41) is 8.33. The summed E-state index contributed by atoms with van der Waals surface area (Å²) in [4.78, 5) is 19.0. The molecule has 0 atom stereocenters. The maximum atomic E-state index is 11.6. The molecular formula is C8H8N6OS. The van der Waals surface area contributed by atoms with Crippen molar-refractivity contribution in [2.24, 2.45) is 5.11 Å².